The molecule has 0 amide bonds. The maximum Gasteiger partial charge on any atom is 0.241 e. The van der Waals surface area contributed by atoms with Gasteiger partial charge in [-0.2, -0.15) is 4.98 Å². The second-order valence-corrected chi connectivity index (χ2v) is 8.51. The van der Waals surface area contributed by atoms with Gasteiger partial charge in [0.25, 0.3) is 0 Å². The van der Waals surface area contributed by atoms with Gasteiger partial charge in [0.05, 0.1) is 21.8 Å². The Kier molecular flexibility index (Phi) is 4.66. The second-order valence-electron chi connectivity index (χ2n) is 7.45. The molecule has 2 aromatic carbocycles. The zero-order chi connectivity index (χ0) is 18.9. The number of thiazole rings is 1. The molecule has 28 heavy (non-hydrogen) atoms. The van der Waals surface area contributed by atoms with Crippen molar-refractivity contribution in [3.63, 3.8) is 0 Å². The van der Waals surface area contributed by atoms with E-state index in [1.54, 1.807) is 0 Å². The molecule has 5 rings (SSSR count). The van der Waals surface area contributed by atoms with Gasteiger partial charge in [-0.1, -0.05) is 47.1 Å². The molecule has 0 N–H and O–H groups in total. The minimum Gasteiger partial charge on any atom is -0.338 e. The Balaban J connectivity index is 1.21. The smallest absolute Gasteiger partial charge is 0.241 e. The molecule has 142 valence electrons. The van der Waals surface area contributed by atoms with Crippen LogP contribution in [0.2, 0.25) is 0 Å². The summed E-state index contributed by atoms with van der Waals surface area (Å²) < 4.78 is 6.78. The molecule has 6 heteroatoms. The highest BCUT2D eigenvalue weighted by Crippen LogP contribution is 2.34. The zero-order valence-corrected chi connectivity index (χ0v) is 16.7. The monoisotopic (exact) mass is 390 g/mol. The lowest BCUT2D eigenvalue weighted by molar-refractivity contribution is 0.181. The molecule has 1 aliphatic heterocycles. The Hall–Kier alpha value is -2.57. The van der Waals surface area contributed by atoms with Crippen molar-refractivity contribution in [2.75, 3.05) is 13.1 Å². The van der Waals surface area contributed by atoms with Crippen LogP contribution in [0, 0.1) is 6.92 Å². The minimum absolute atomic E-state index is 0.555. The number of hydrogen-bond donors (Lipinski definition) is 0. The third kappa shape index (κ3) is 3.57. The number of benzene rings is 2. The molecule has 0 radical (unpaired) electrons. The van der Waals surface area contributed by atoms with E-state index in [-0.39, 0.29) is 0 Å². The predicted octanol–water partition coefficient (Wildman–Crippen LogP) is 5.03. The molecular weight excluding hydrogens is 368 g/mol. The average Bonchev–Trinajstić information content (AvgIpc) is 3.36. The molecule has 2 aromatic heterocycles. The van der Waals surface area contributed by atoms with E-state index in [1.165, 1.54) is 15.3 Å². The molecular formula is C22H22N4OS. The van der Waals surface area contributed by atoms with E-state index in [0.29, 0.717) is 24.2 Å². The van der Waals surface area contributed by atoms with Crippen molar-refractivity contribution in [2.45, 2.75) is 32.2 Å². The summed E-state index contributed by atoms with van der Waals surface area (Å²) in [6.45, 7) is 4.85. The first kappa shape index (κ1) is 17.5. The van der Waals surface area contributed by atoms with Crippen LogP contribution in [0.25, 0.3) is 21.6 Å². The predicted molar refractivity (Wildman–Crippen MR) is 111 cm³/mol. The Morgan fingerprint density at radius 2 is 1.82 bits per heavy atom. The Morgan fingerprint density at radius 1 is 1.04 bits per heavy atom. The van der Waals surface area contributed by atoms with E-state index in [9.17, 15) is 0 Å². The van der Waals surface area contributed by atoms with Gasteiger partial charge >= 0.3 is 0 Å². The fraction of sp³-hybridized carbons (Fsp3) is 0.318. The van der Waals surface area contributed by atoms with Crippen LogP contribution in [-0.4, -0.2) is 33.1 Å². The number of para-hydroxylation sites is 1. The number of fused-ring (bicyclic) bond motifs is 1. The lowest BCUT2D eigenvalue weighted by atomic mass is 9.97. The van der Waals surface area contributed by atoms with E-state index in [4.69, 9.17) is 9.51 Å². The van der Waals surface area contributed by atoms with E-state index in [0.717, 1.165) is 37.0 Å². The highest BCUT2D eigenvalue weighted by molar-refractivity contribution is 7.18. The second kappa shape index (κ2) is 7.45. The molecule has 1 fully saturated rings. The minimum atomic E-state index is 0.555. The summed E-state index contributed by atoms with van der Waals surface area (Å²) in [7, 11) is 0. The van der Waals surface area contributed by atoms with Crippen molar-refractivity contribution >= 4 is 21.6 Å². The van der Waals surface area contributed by atoms with Gasteiger partial charge in [0, 0.05) is 11.5 Å². The number of likely N-dealkylation sites (tertiary alicyclic amines) is 1. The standard InChI is InChI=1S/C22H22N4OS/c1-15-6-8-16(9-7-15)21-24-20(27-25-21)14-26-12-10-17(11-13-26)22-23-18-4-2-3-5-19(18)28-22/h2-9,17H,10-14H2,1H3. The van der Waals surface area contributed by atoms with Crippen molar-refractivity contribution in [1.82, 2.24) is 20.0 Å². The maximum atomic E-state index is 5.49. The molecule has 0 saturated carbocycles. The normalized spacial score (nSPS) is 16.0. The van der Waals surface area contributed by atoms with Crippen LogP contribution in [0.4, 0.5) is 0 Å². The molecule has 1 saturated heterocycles. The Bertz CT molecular complexity index is 1040. The van der Waals surface area contributed by atoms with Crippen LogP contribution in [0.15, 0.2) is 53.1 Å². The maximum absolute atomic E-state index is 5.49. The lowest BCUT2D eigenvalue weighted by Crippen LogP contribution is -2.32. The molecule has 3 heterocycles. The molecule has 4 aromatic rings. The summed E-state index contributed by atoms with van der Waals surface area (Å²) in [6, 6.07) is 16.6. The topological polar surface area (TPSA) is 55.1 Å². The number of rotatable bonds is 4. The van der Waals surface area contributed by atoms with Gasteiger partial charge in [0.1, 0.15) is 0 Å². The first-order valence-corrected chi connectivity index (χ1v) is 10.5. The van der Waals surface area contributed by atoms with Crippen LogP contribution in [0.1, 0.15) is 35.2 Å². The summed E-state index contributed by atoms with van der Waals surface area (Å²) in [6.07, 6.45) is 2.25. The van der Waals surface area contributed by atoms with Crippen molar-refractivity contribution in [2.24, 2.45) is 0 Å². The largest absolute Gasteiger partial charge is 0.338 e. The molecule has 0 spiro atoms. The van der Waals surface area contributed by atoms with E-state index >= 15 is 0 Å². The van der Waals surface area contributed by atoms with Crippen LogP contribution in [0.3, 0.4) is 0 Å². The van der Waals surface area contributed by atoms with E-state index in [2.05, 4.69) is 58.4 Å². The first-order chi connectivity index (χ1) is 13.7. The van der Waals surface area contributed by atoms with Gasteiger partial charge in [-0.15, -0.1) is 11.3 Å². The number of hydrogen-bond acceptors (Lipinski definition) is 6. The molecule has 0 bridgehead atoms. The van der Waals surface area contributed by atoms with Crippen LogP contribution in [-0.2, 0) is 6.54 Å². The lowest BCUT2D eigenvalue weighted by Gasteiger charge is -2.29. The van der Waals surface area contributed by atoms with Crippen molar-refractivity contribution < 1.29 is 4.52 Å². The third-order valence-corrected chi connectivity index (χ3v) is 6.58. The Morgan fingerprint density at radius 3 is 2.61 bits per heavy atom. The highest BCUT2D eigenvalue weighted by atomic mass is 32.1. The molecule has 0 unspecified atom stereocenters. The fourth-order valence-electron chi connectivity index (χ4n) is 3.73. The number of piperidine rings is 1. The van der Waals surface area contributed by atoms with Crippen molar-refractivity contribution in [1.29, 1.82) is 0 Å². The summed E-state index contributed by atoms with van der Waals surface area (Å²) in [5.74, 6) is 1.91. The van der Waals surface area contributed by atoms with Crippen LogP contribution >= 0.6 is 11.3 Å². The quantitative estimate of drug-likeness (QED) is 0.489. The van der Waals surface area contributed by atoms with Crippen molar-refractivity contribution in [3.05, 3.63) is 65.0 Å². The SMILES string of the molecule is Cc1ccc(-c2noc(CN3CCC(c4nc5ccccc5s4)CC3)n2)cc1. The molecule has 0 atom stereocenters. The number of aryl methyl sites for hydroxylation is 1. The van der Waals surface area contributed by atoms with Gasteiger partial charge in [0.15, 0.2) is 0 Å². The van der Waals surface area contributed by atoms with Crippen LogP contribution < -0.4 is 0 Å². The summed E-state index contributed by atoms with van der Waals surface area (Å²) >= 11 is 1.84. The van der Waals surface area contributed by atoms with E-state index < -0.39 is 0 Å². The fourth-order valence-corrected chi connectivity index (χ4v) is 4.87. The number of aromatic nitrogens is 3. The van der Waals surface area contributed by atoms with Gasteiger partial charge in [-0.05, 0) is 45.0 Å². The Labute approximate surface area is 168 Å². The first-order valence-electron chi connectivity index (χ1n) is 9.72. The highest BCUT2D eigenvalue weighted by Gasteiger charge is 2.24. The molecule has 1 aliphatic rings. The van der Waals surface area contributed by atoms with Gasteiger partial charge < -0.3 is 4.52 Å². The molecule has 0 aliphatic carbocycles. The number of nitrogens with zero attached hydrogens (tertiary/aromatic N) is 4. The molecule has 5 nitrogen and oxygen atoms in total. The van der Waals surface area contributed by atoms with E-state index in [1.807, 2.05) is 23.5 Å². The van der Waals surface area contributed by atoms with Crippen molar-refractivity contribution in [3.8, 4) is 11.4 Å². The summed E-state index contributed by atoms with van der Waals surface area (Å²) in [5.41, 5.74) is 3.35. The average molecular weight is 391 g/mol. The van der Waals surface area contributed by atoms with Gasteiger partial charge in [0.2, 0.25) is 11.7 Å². The third-order valence-electron chi connectivity index (χ3n) is 5.38. The van der Waals surface area contributed by atoms with Gasteiger partial charge in [-0.3, -0.25) is 4.90 Å². The van der Waals surface area contributed by atoms with Gasteiger partial charge in [-0.25, -0.2) is 4.98 Å². The zero-order valence-electron chi connectivity index (χ0n) is 15.8. The summed E-state index contributed by atoms with van der Waals surface area (Å²) in [4.78, 5) is 11.8. The van der Waals surface area contributed by atoms with Crippen LogP contribution in [0.5, 0.6) is 0 Å². The summed E-state index contributed by atoms with van der Waals surface area (Å²) in [5, 5.41) is 5.43.